The Morgan fingerprint density at radius 2 is 2.09 bits per heavy atom. The van der Waals surface area contributed by atoms with Crippen LogP contribution in [0.2, 0.25) is 25.7 Å². The third-order valence-electron chi connectivity index (χ3n) is 6.06. The number of hydrogen-bond donors (Lipinski definition) is 1. The van der Waals surface area contributed by atoms with E-state index in [1.165, 1.54) is 0 Å². The molecule has 4 rings (SSSR count). The van der Waals surface area contributed by atoms with E-state index in [4.69, 9.17) is 4.74 Å². The number of halogens is 3. The maximum atomic E-state index is 12.6. The second-order valence-electron chi connectivity index (χ2n) is 9.93. The summed E-state index contributed by atoms with van der Waals surface area (Å²) in [6.45, 7) is 7.95. The maximum absolute atomic E-state index is 12.6. The minimum absolute atomic E-state index is 0.251. The molecular weight excluding hydrogens is 461 g/mol. The van der Waals surface area contributed by atoms with Crippen molar-refractivity contribution in [2.45, 2.75) is 51.1 Å². The first kappa shape index (κ1) is 24.4. The standard InChI is InChI=1S/C23H29F3N6OSi/c1-34(2,3)9-8-33-15-32-20-12-29-17(11-27)10-18(20)21-19(4-6-28-22(21)32)31-7-5-16(13-31)30-14-23(24,25)26/h4,6,10,12,16,30H,5,7-9,13-15H2,1-3H3. The predicted molar refractivity (Wildman–Crippen MR) is 129 cm³/mol. The van der Waals surface area contributed by atoms with Gasteiger partial charge in [0.05, 0.1) is 23.6 Å². The lowest BCUT2D eigenvalue weighted by Gasteiger charge is -2.20. The molecule has 0 radical (unpaired) electrons. The summed E-state index contributed by atoms with van der Waals surface area (Å²) in [6.07, 6.45) is -0.243. The molecule has 0 aliphatic carbocycles. The van der Waals surface area contributed by atoms with Crippen LogP contribution < -0.4 is 10.2 Å². The van der Waals surface area contributed by atoms with Gasteiger partial charge in [0.2, 0.25) is 0 Å². The molecule has 0 saturated carbocycles. The van der Waals surface area contributed by atoms with Gasteiger partial charge in [0.25, 0.3) is 0 Å². The zero-order valence-corrected chi connectivity index (χ0v) is 20.6. The number of pyridine rings is 2. The van der Waals surface area contributed by atoms with Gasteiger partial charge in [-0.05, 0) is 24.6 Å². The average Bonchev–Trinajstić information content (AvgIpc) is 3.36. The molecule has 1 aliphatic heterocycles. The Morgan fingerprint density at radius 1 is 1.29 bits per heavy atom. The van der Waals surface area contributed by atoms with Crippen LogP contribution in [-0.2, 0) is 11.5 Å². The number of alkyl halides is 3. The summed E-state index contributed by atoms with van der Waals surface area (Å²) in [6, 6.07) is 6.51. The van der Waals surface area contributed by atoms with Crippen molar-refractivity contribution in [3.63, 3.8) is 0 Å². The molecule has 4 heterocycles. The Morgan fingerprint density at radius 3 is 2.79 bits per heavy atom. The molecule has 1 atom stereocenters. The molecule has 1 fully saturated rings. The van der Waals surface area contributed by atoms with Gasteiger partial charge in [-0.1, -0.05) is 19.6 Å². The summed E-state index contributed by atoms with van der Waals surface area (Å²) in [7, 11) is -1.23. The molecule has 0 bridgehead atoms. The van der Waals surface area contributed by atoms with Crippen LogP contribution in [0, 0.1) is 11.3 Å². The minimum Gasteiger partial charge on any atom is -0.369 e. The molecule has 3 aromatic rings. The van der Waals surface area contributed by atoms with Gasteiger partial charge < -0.3 is 15.0 Å². The van der Waals surface area contributed by atoms with Crippen molar-refractivity contribution in [1.29, 1.82) is 5.26 Å². The Balaban J connectivity index is 1.67. The molecular formula is C23H29F3N6OSi. The van der Waals surface area contributed by atoms with E-state index < -0.39 is 20.8 Å². The molecule has 0 spiro atoms. The van der Waals surface area contributed by atoms with Gasteiger partial charge in [-0.15, -0.1) is 0 Å². The zero-order chi connectivity index (χ0) is 24.5. The largest absolute Gasteiger partial charge is 0.401 e. The van der Waals surface area contributed by atoms with Gasteiger partial charge in [-0.25, -0.2) is 9.97 Å². The molecule has 1 N–H and O–H groups in total. The normalized spacial score (nSPS) is 17.1. The molecule has 3 aromatic heterocycles. The topological polar surface area (TPSA) is 79.0 Å². The fourth-order valence-corrected chi connectivity index (χ4v) is 5.03. The average molecular weight is 491 g/mol. The van der Waals surface area contributed by atoms with Crippen molar-refractivity contribution in [3.05, 3.63) is 30.2 Å². The highest BCUT2D eigenvalue weighted by Gasteiger charge is 2.31. The van der Waals surface area contributed by atoms with Crippen LogP contribution in [0.1, 0.15) is 12.1 Å². The Labute approximate surface area is 197 Å². The summed E-state index contributed by atoms with van der Waals surface area (Å²) in [5.74, 6) is 0. The first-order valence-electron chi connectivity index (χ1n) is 11.4. The fourth-order valence-electron chi connectivity index (χ4n) is 4.28. The number of fused-ring (bicyclic) bond motifs is 3. The smallest absolute Gasteiger partial charge is 0.369 e. The van der Waals surface area contributed by atoms with Crippen LogP contribution in [0.3, 0.4) is 0 Å². The van der Waals surface area contributed by atoms with Crippen LogP contribution in [-0.4, -0.2) is 61.1 Å². The first-order valence-corrected chi connectivity index (χ1v) is 15.1. The summed E-state index contributed by atoms with van der Waals surface area (Å²) in [5.41, 5.74) is 2.71. The third-order valence-corrected chi connectivity index (χ3v) is 7.76. The Hall–Kier alpha value is -2.68. The van der Waals surface area contributed by atoms with Crippen molar-refractivity contribution in [1.82, 2.24) is 19.9 Å². The number of aromatic nitrogens is 3. The molecule has 11 heteroatoms. The molecule has 34 heavy (non-hydrogen) atoms. The first-order chi connectivity index (χ1) is 16.1. The number of nitrogens with zero attached hydrogens (tertiary/aromatic N) is 5. The van der Waals surface area contributed by atoms with Gasteiger partial charge in [0, 0.05) is 51.1 Å². The molecule has 1 unspecified atom stereocenters. The van der Waals surface area contributed by atoms with Crippen molar-refractivity contribution in [2.75, 3.05) is 31.1 Å². The maximum Gasteiger partial charge on any atom is 0.401 e. The quantitative estimate of drug-likeness (QED) is 0.370. The second-order valence-corrected chi connectivity index (χ2v) is 15.6. The number of ether oxygens (including phenoxy) is 1. The zero-order valence-electron chi connectivity index (χ0n) is 19.6. The molecule has 0 amide bonds. The van der Waals surface area contributed by atoms with Crippen molar-refractivity contribution < 1.29 is 17.9 Å². The molecule has 7 nitrogen and oxygen atoms in total. The molecule has 182 valence electrons. The number of nitriles is 1. The van der Waals surface area contributed by atoms with E-state index in [0.717, 1.165) is 28.0 Å². The van der Waals surface area contributed by atoms with Crippen LogP contribution >= 0.6 is 0 Å². The van der Waals surface area contributed by atoms with Crippen molar-refractivity contribution >= 4 is 35.7 Å². The van der Waals surface area contributed by atoms with Crippen molar-refractivity contribution in [3.8, 4) is 6.07 Å². The highest BCUT2D eigenvalue weighted by molar-refractivity contribution is 6.76. The number of rotatable bonds is 8. The monoisotopic (exact) mass is 490 g/mol. The summed E-state index contributed by atoms with van der Waals surface area (Å²) < 4.78 is 45.9. The van der Waals surface area contributed by atoms with E-state index in [1.807, 2.05) is 10.6 Å². The summed E-state index contributed by atoms with van der Waals surface area (Å²) in [5, 5.41) is 13.7. The Bertz CT molecular complexity index is 1210. The van der Waals surface area contributed by atoms with Crippen LogP contribution in [0.4, 0.5) is 18.9 Å². The number of nitrogens with one attached hydrogen (secondary N) is 1. The summed E-state index contributed by atoms with van der Waals surface area (Å²) >= 11 is 0. The fraction of sp³-hybridized carbons (Fsp3) is 0.522. The van der Waals surface area contributed by atoms with Gasteiger partial charge in [-0.2, -0.15) is 18.4 Å². The molecule has 0 aromatic carbocycles. The van der Waals surface area contributed by atoms with E-state index in [1.54, 1.807) is 18.5 Å². The number of hydrogen-bond acceptors (Lipinski definition) is 6. The lowest BCUT2D eigenvalue weighted by molar-refractivity contribution is -0.125. The second kappa shape index (κ2) is 9.52. The van der Waals surface area contributed by atoms with Crippen LogP contribution in [0.5, 0.6) is 0 Å². The van der Waals surface area contributed by atoms with E-state index in [-0.39, 0.29) is 6.04 Å². The molecule has 1 saturated heterocycles. The lowest BCUT2D eigenvalue weighted by atomic mass is 10.1. The van der Waals surface area contributed by atoms with E-state index in [9.17, 15) is 18.4 Å². The predicted octanol–water partition coefficient (Wildman–Crippen LogP) is 4.50. The lowest BCUT2D eigenvalue weighted by Crippen LogP contribution is -2.38. The summed E-state index contributed by atoms with van der Waals surface area (Å²) in [4.78, 5) is 10.9. The van der Waals surface area contributed by atoms with Gasteiger partial charge in [-0.3, -0.25) is 4.57 Å². The Kier molecular flexibility index (Phi) is 6.84. The highest BCUT2D eigenvalue weighted by Crippen LogP contribution is 2.36. The van der Waals surface area contributed by atoms with E-state index in [0.29, 0.717) is 44.2 Å². The van der Waals surface area contributed by atoms with E-state index in [2.05, 4.69) is 45.9 Å². The van der Waals surface area contributed by atoms with Gasteiger partial charge >= 0.3 is 6.18 Å². The highest BCUT2D eigenvalue weighted by atomic mass is 28.3. The van der Waals surface area contributed by atoms with Gasteiger partial charge in [0.1, 0.15) is 24.1 Å². The number of anilines is 1. The van der Waals surface area contributed by atoms with Crippen molar-refractivity contribution in [2.24, 2.45) is 0 Å². The van der Waals surface area contributed by atoms with Crippen LogP contribution in [0.15, 0.2) is 24.5 Å². The van der Waals surface area contributed by atoms with E-state index >= 15 is 0 Å². The third kappa shape index (κ3) is 5.51. The molecule has 1 aliphatic rings. The van der Waals surface area contributed by atoms with Gasteiger partial charge in [0.15, 0.2) is 0 Å². The van der Waals surface area contributed by atoms with Crippen LogP contribution in [0.25, 0.3) is 21.9 Å². The SMILES string of the molecule is C[Si](C)(C)CCOCn1c2cnc(C#N)cc2c2c(N3CCC(NCC(F)(F)F)C3)ccnc21. The minimum atomic E-state index is -4.24.